The summed E-state index contributed by atoms with van der Waals surface area (Å²) in [5, 5.41) is 0. The molecule has 20 heavy (non-hydrogen) atoms. The molecule has 0 saturated carbocycles. The van der Waals surface area contributed by atoms with E-state index in [-0.39, 0.29) is 0 Å². The number of rotatable bonds is 6. The Kier molecular flexibility index (Phi) is 4.79. The van der Waals surface area contributed by atoms with Crippen LogP contribution in [0.25, 0.3) is 0 Å². The molecule has 0 unspecified atom stereocenters. The van der Waals surface area contributed by atoms with Gasteiger partial charge in [-0.3, -0.25) is 0 Å². The molecule has 106 valence electrons. The van der Waals surface area contributed by atoms with Crippen molar-refractivity contribution in [3.8, 4) is 5.75 Å². The van der Waals surface area contributed by atoms with Crippen LogP contribution in [-0.4, -0.2) is 21.3 Å². The monoisotopic (exact) mass is 290 g/mol. The molecule has 2 aromatic rings. The highest BCUT2D eigenvalue weighted by atomic mass is 32.2. The summed E-state index contributed by atoms with van der Waals surface area (Å²) in [6, 6.07) is 16.8. The van der Waals surface area contributed by atoms with E-state index in [4.69, 9.17) is 4.74 Å². The Morgan fingerprint density at radius 3 is 2.20 bits per heavy atom. The second-order valence-electron chi connectivity index (χ2n) is 4.68. The highest BCUT2D eigenvalue weighted by molar-refractivity contribution is 7.90. The van der Waals surface area contributed by atoms with E-state index in [0.717, 1.165) is 12.8 Å². The van der Waals surface area contributed by atoms with Crippen molar-refractivity contribution >= 4 is 9.84 Å². The largest absolute Gasteiger partial charge is 0.494 e. The summed E-state index contributed by atoms with van der Waals surface area (Å²) in [5.41, 5.74) is 1.29. The van der Waals surface area contributed by atoms with Crippen LogP contribution < -0.4 is 4.74 Å². The first-order chi connectivity index (χ1) is 9.55. The van der Waals surface area contributed by atoms with Gasteiger partial charge in [-0.05, 0) is 42.7 Å². The Balaban J connectivity index is 1.80. The second-order valence-corrected chi connectivity index (χ2v) is 6.70. The predicted molar refractivity (Wildman–Crippen MR) is 79.8 cm³/mol. The van der Waals surface area contributed by atoms with Gasteiger partial charge in [-0.2, -0.15) is 0 Å². The molecule has 0 aromatic heterocycles. The van der Waals surface area contributed by atoms with E-state index >= 15 is 0 Å². The van der Waals surface area contributed by atoms with E-state index in [1.165, 1.54) is 11.8 Å². The maximum atomic E-state index is 11.3. The van der Waals surface area contributed by atoms with Gasteiger partial charge in [-0.15, -0.1) is 0 Å². The third-order valence-electron chi connectivity index (χ3n) is 2.97. The molecule has 0 spiro atoms. The molecule has 0 bridgehead atoms. The Labute approximate surface area is 120 Å². The minimum atomic E-state index is -3.14. The van der Waals surface area contributed by atoms with Gasteiger partial charge >= 0.3 is 0 Å². The summed E-state index contributed by atoms with van der Waals surface area (Å²) in [4.78, 5) is 0.314. The van der Waals surface area contributed by atoms with E-state index in [2.05, 4.69) is 12.1 Å². The summed E-state index contributed by atoms with van der Waals surface area (Å²) < 4.78 is 28.2. The van der Waals surface area contributed by atoms with Crippen molar-refractivity contribution in [2.45, 2.75) is 17.7 Å². The third kappa shape index (κ3) is 4.38. The standard InChI is InChI=1S/C16H18O3S/c1-20(17,18)16-11-9-15(10-12-16)19-13-5-8-14-6-3-2-4-7-14/h2-4,6-7,9-12H,5,8,13H2,1H3. The van der Waals surface area contributed by atoms with Gasteiger partial charge < -0.3 is 4.74 Å². The molecule has 0 fully saturated rings. The number of benzene rings is 2. The minimum Gasteiger partial charge on any atom is -0.494 e. The van der Waals surface area contributed by atoms with Crippen LogP contribution in [0.2, 0.25) is 0 Å². The Morgan fingerprint density at radius 1 is 0.950 bits per heavy atom. The summed E-state index contributed by atoms with van der Waals surface area (Å²) in [7, 11) is -3.14. The smallest absolute Gasteiger partial charge is 0.175 e. The molecule has 2 aromatic carbocycles. The molecule has 0 aliphatic carbocycles. The maximum Gasteiger partial charge on any atom is 0.175 e. The fourth-order valence-corrected chi connectivity index (χ4v) is 2.52. The van der Waals surface area contributed by atoms with E-state index in [1.54, 1.807) is 24.3 Å². The number of aryl methyl sites for hydroxylation is 1. The van der Waals surface area contributed by atoms with Crippen molar-refractivity contribution < 1.29 is 13.2 Å². The number of ether oxygens (including phenoxy) is 1. The highest BCUT2D eigenvalue weighted by Crippen LogP contribution is 2.16. The van der Waals surface area contributed by atoms with Crippen molar-refractivity contribution in [2.24, 2.45) is 0 Å². The van der Waals surface area contributed by atoms with E-state index in [1.807, 2.05) is 18.2 Å². The molecule has 0 amide bonds. The first-order valence-corrected chi connectivity index (χ1v) is 8.42. The fraction of sp³-hybridized carbons (Fsp3) is 0.250. The summed E-state index contributed by atoms with van der Waals surface area (Å²) in [6.45, 7) is 0.618. The molecule has 2 rings (SSSR count). The van der Waals surface area contributed by atoms with Crippen molar-refractivity contribution in [3.05, 3.63) is 60.2 Å². The summed E-state index contributed by atoms with van der Waals surface area (Å²) in [6.07, 6.45) is 3.10. The van der Waals surface area contributed by atoms with E-state index < -0.39 is 9.84 Å². The lowest BCUT2D eigenvalue weighted by molar-refractivity contribution is 0.311. The molecule has 0 saturated heterocycles. The first kappa shape index (κ1) is 14.6. The number of hydrogen-bond acceptors (Lipinski definition) is 3. The average Bonchev–Trinajstić information content (AvgIpc) is 2.44. The molecule has 3 nitrogen and oxygen atoms in total. The topological polar surface area (TPSA) is 43.4 Å². The Morgan fingerprint density at radius 2 is 1.60 bits per heavy atom. The van der Waals surface area contributed by atoms with Gasteiger partial charge in [0.15, 0.2) is 9.84 Å². The van der Waals surface area contributed by atoms with Crippen LogP contribution >= 0.6 is 0 Å². The zero-order valence-corrected chi connectivity index (χ0v) is 12.3. The normalized spacial score (nSPS) is 11.2. The van der Waals surface area contributed by atoms with Crippen LogP contribution in [0.3, 0.4) is 0 Å². The van der Waals surface area contributed by atoms with Gasteiger partial charge in [-0.25, -0.2) is 8.42 Å². The molecular weight excluding hydrogens is 272 g/mol. The van der Waals surface area contributed by atoms with Crippen LogP contribution in [0.15, 0.2) is 59.5 Å². The van der Waals surface area contributed by atoms with Crippen molar-refractivity contribution in [2.75, 3.05) is 12.9 Å². The molecular formula is C16H18O3S. The molecule has 0 aliphatic rings. The van der Waals surface area contributed by atoms with Crippen LogP contribution in [0, 0.1) is 0 Å². The lowest BCUT2D eigenvalue weighted by atomic mass is 10.1. The maximum absolute atomic E-state index is 11.3. The molecule has 0 heterocycles. The van der Waals surface area contributed by atoms with Gasteiger partial charge in [0, 0.05) is 6.26 Å². The van der Waals surface area contributed by atoms with Gasteiger partial charge in [0.1, 0.15) is 5.75 Å². The average molecular weight is 290 g/mol. The molecule has 0 aliphatic heterocycles. The zero-order valence-electron chi connectivity index (χ0n) is 11.5. The van der Waals surface area contributed by atoms with E-state index in [0.29, 0.717) is 17.3 Å². The quantitative estimate of drug-likeness (QED) is 0.768. The lowest BCUT2D eigenvalue weighted by Crippen LogP contribution is -2.00. The van der Waals surface area contributed by atoms with Crippen molar-refractivity contribution in [1.29, 1.82) is 0 Å². The van der Waals surface area contributed by atoms with Gasteiger partial charge in [0.05, 0.1) is 11.5 Å². The summed E-state index contributed by atoms with van der Waals surface area (Å²) in [5.74, 6) is 0.700. The van der Waals surface area contributed by atoms with Gasteiger partial charge in [0.2, 0.25) is 0 Å². The van der Waals surface area contributed by atoms with Crippen LogP contribution in [0.4, 0.5) is 0 Å². The molecule has 0 N–H and O–H groups in total. The van der Waals surface area contributed by atoms with Gasteiger partial charge in [0.25, 0.3) is 0 Å². The highest BCUT2D eigenvalue weighted by Gasteiger charge is 2.06. The Hall–Kier alpha value is -1.81. The van der Waals surface area contributed by atoms with Gasteiger partial charge in [-0.1, -0.05) is 30.3 Å². The SMILES string of the molecule is CS(=O)(=O)c1ccc(OCCCc2ccccc2)cc1. The molecule has 0 radical (unpaired) electrons. The van der Waals surface area contributed by atoms with Crippen LogP contribution in [-0.2, 0) is 16.3 Å². The lowest BCUT2D eigenvalue weighted by Gasteiger charge is -2.07. The van der Waals surface area contributed by atoms with Crippen molar-refractivity contribution in [3.63, 3.8) is 0 Å². The fourth-order valence-electron chi connectivity index (χ4n) is 1.89. The number of sulfone groups is 1. The van der Waals surface area contributed by atoms with E-state index in [9.17, 15) is 8.42 Å². The number of hydrogen-bond donors (Lipinski definition) is 0. The summed E-state index contributed by atoms with van der Waals surface area (Å²) >= 11 is 0. The van der Waals surface area contributed by atoms with Crippen LogP contribution in [0.5, 0.6) is 5.75 Å². The predicted octanol–water partition coefficient (Wildman–Crippen LogP) is 3.10. The first-order valence-electron chi connectivity index (χ1n) is 6.52. The second kappa shape index (κ2) is 6.57. The van der Waals surface area contributed by atoms with Crippen LogP contribution in [0.1, 0.15) is 12.0 Å². The molecule has 4 heteroatoms. The van der Waals surface area contributed by atoms with Crippen molar-refractivity contribution in [1.82, 2.24) is 0 Å². The Bertz CT molecular complexity index is 631. The zero-order chi connectivity index (χ0) is 14.4. The molecule has 0 atom stereocenters. The minimum absolute atomic E-state index is 0.314. The third-order valence-corrected chi connectivity index (χ3v) is 4.10.